The fourth-order valence-corrected chi connectivity index (χ4v) is 21.9. The van der Waals surface area contributed by atoms with Gasteiger partial charge in [0, 0.05) is 0 Å². The van der Waals surface area contributed by atoms with Crippen molar-refractivity contribution in [3.05, 3.63) is 108 Å². The van der Waals surface area contributed by atoms with Crippen LogP contribution in [0.2, 0.25) is 13.3 Å². The molecule has 170 valence electrons. The van der Waals surface area contributed by atoms with Gasteiger partial charge in [-0.25, -0.2) is 0 Å². The molecule has 0 aliphatic carbocycles. The van der Waals surface area contributed by atoms with E-state index >= 15 is 2.87 Å². The second-order valence-corrected chi connectivity index (χ2v) is 21.0. The normalized spacial score (nSPS) is 13.2. The molecule has 3 rings (SSSR count). The molecule has 0 saturated heterocycles. The van der Waals surface area contributed by atoms with Crippen molar-refractivity contribution in [2.24, 2.45) is 0 Å². The van der Waals surface area contributed by atoms with E-state index in [1.807, 2.05) is 18.2 Å². The van der Waals surface area contributed by atoms with E-state index in [-0.39, 0.29) is 16.2 Å². The van der Waals surface area contributed by atoms with Crippen molar-refractivity contribution in [3.8, 4) is 0 Å². The molecular weight excluding hydrogens is 498 g/mol. The average molecular weight is 537 g/mol. The Bertz CT molecular complexity index is 845. The molecule has 0 saturated carbocycles. The molecule has 0 amide bonds. The molecule has 3 aromatic rings. The maximum atomic E-state index is 17.5. The van der Waals surface area contributed by atoms with Crippen LogP contribution >= 0.6 is 0 Å². The van der Waals surface area contributed by atoms with Crippen LogP contribution in [0.15, 0.2) is 91.0 Å². The summed E-state index contributed by atoms with van der Waals surface area (Å²) in [5, 5.41) is 0. The molecule has 0 bridgehead atoms. The van der Waals surface area contributed by atoms with Gasteiger partial charge in [-0.1, -0.05) is 0 Å². The summed E-state index contributed by atoms with van der Waals surface area (Å²) < 4.78 is 19.6. The first-order valence-corrected chi connectivity index (χ1v) is 18.9. The molecule has 0 unspecified atom stereocenters. The van der Waals surface area contributed by atoms with Gasteiger partial charge in [0.1, 0.15) is 0 Å². The molecule has 0 fully saturated rings. The van der Waals surface area contributed by atoms with Crippen LogP contribution < -0.4 is 0 Å². The summed E-state index contributed by atoms with van der Waals surface area (Å²) in [7, 11) is 0. The fourth-order valence-electron chi connectivity index (χ4n) is 5.54. The molecule has 0 heterocycles. The number of halogens is 1. The number of benzene rings is 3. The van der Waals surface area contributed by atoms with Crippen LogP contribution in [0.3, 0.4) is 0 Å². The molecule has 0 spiro atoms. The molecular formula is C30H39FSn. The van der Waals surface area contributed by atoms with Gasteiger partial charge in [0.15, 0.2) is 0 Å². The molecule has 0 N–H and O–H groups in total. The van der Waals surface area contributed by atoms with E-state index in [0.717, 1.165) is 0 Å². The monoisotopic (exact) mass is 538 g/mol. The van der Waals surface area contributed by atoms with Crippen molar-refractivity contribution in [3.63, 3.8) is 0 Å². The standard InChI is InChI=1S/3C10H13.FH.Sn/c3*1-10(2,3)9-7-5-4-6-8-9;;/h3*4-8H,1H2,2-3H3;1H;/q;;;;+1/p-1. The molecule has 0 aliphatic rings. The van der Waals surface area contributed by atoms with E-state index < -0.39 is 18.9 Å². The SMILES string of the molecule is CC(C)([CH2][Sn]([F])([CH2]C(C)(C)c1ccccc1)[CH2]C(C)(C)c1ccccc1)c1ccccc1. The zero-order valence-electron chi connectivity index (χ0n) is 20.7. The minimum atomic E-state index is -4.16. The van der Waals surface area contributed by atoms with Crippen molar-refractivity contribution in [2.45, 2.75) is 71.1 Å². The van der Waals surface area contributed by atoms with Gasteiger partial charge < -0.3 is 0 Å². The van der Waals surface area contributed by atoms with E-state index in [1.165, 1.54) is 16.7 Å². The molecule has 0 aliphatic heterocycles. The van der Waals surface area contributed by atoms with Crippen LogP contribution in [0.25, 0.3) is 0 Å². The first-order chi connectivity index (χ1) is 14.9. The summed E-state index contributed by atoms with van der Waals surface area (Å²) in [5.74, 6) is 0. The third-order valence-electron chi connectivity index (χ3n) is 6.94. The van der Waals surface area contributed by atoms with Crippen LogP contribution in [-0.2, 0) is 16.2 Å². The molecule has 2 heteroatoms. The summed E-state index contributed by atoms with van der Waals surface area (Å²) in [6.07, 6.45) is 0. The van der Waals surface area contributed by atoms with Gasteiger partial charge in [0.05, 0.1) is 0 Å². The first-order valence-electron chi connectivity index (χ1n) is 11.8. The van der Waals surface area contributed by atoms with Crippen molar-refractivity contribution in [1.82, 2.24) is 0 Å². The summed E-state index contributed by atoms with van der Waals surface area (Å²) in [5.41, 5.74) is 3.21. The van der Waals surface area contributed by atoms with E-state index in [9.17, 15) is 0 Å². The van der Waals surface area contributed by atoms with Crippen LogP contribution in [0, 0.1) is 0 Å². The van der Waals surface area contributed by atoms with Crippen LogP contribution in [0.1, 0.15) is 58.2 Å². The second-order valence-electron chi connectivity index (χ2n) is 11.4. The van der Waals surface area contributed by atoms with Crippen molar-refractivity contribution in [1.29, 1.82) is 0 Å². The zero-order chi connectivity index (χ0) is 23.5. The predicted octanol–water partition coefficient (Wildman–Crippen LogP) is 8.83. The quantitative estimate of drug-likeness (QED) is 0.239. The second kappa shape index (κ2) is 9.71. The Morgan fingerprint density at radius 2 is 0.688 bits per heavy atom. The number of rotatable bonds is 9. The minimum absolute atomic E-state index is 0.175. The molecule has 32 heavy (non-hydrogen) atoms. The van der Waals surface area contributed by atoms with E-state index in [0.29, 0.717) is 13.3 Å². The Morgan fingerprint density at radius 3 is 0.906 bits per heavy atom. The molecule has 0 radical (unpaired) electrons. The molecule has 0 atom stereocenters. The molecule has 3 aromatic carbocycles. The van der Waals surface area contributed by atoms with Gasteiger partial charge in [-0.15, -0.1) is 0 Å². The van der Waals surface area contributed by atoms with Gasteiger partial charge >= 0.3 is 201 Å². The van der Waals surface area contributed by atoms with Crippen molar-refractivity contribution in [2.75, 3.05) is 0 Å². The average Bonchev–Trinajstić information content (AvgIpc) is 2.74. The summed E-state index contributed by atoms with van der Waals surface area (Å²) in [4.78, 5) is 0. The van der Waals surface area contributed by atoms with Gasteiger partial charge in [-0.05, 0) is 0 Å². The predicted molar refractivity (Wildman–Crippen MR) is 140 cm³/mol. The van der Waals surface area contributed by atoms with E-state index in [2.05, 4.69) is 114 Å². The van der Waals surface area contributed by atoms with Gasteiger partial charge in [-0.2, -0.15) is 0 Å². The Morgan fingerprint density at radius 1 is 0.469 bits per heavy atom. The van der Waals surface area contributed by atoms with Crippen LogP contribution in [0.5, 0.6) is 0 Å². The Labute approximate surface area is 199 Å². The molecule has 0 aromatic heterocycles. The topological polar surface area (TPSA) is 0 Å². The van der Waals surface area contributed by atoms with E-state index in [1.54, 1.807) is 0 Å². The van der Waals surface area contributed by atoms with Gasteiger partial charge in [-0.3, -0.25) is 0 Å². The van der Waals surface area contributed by atoms with Crippen molar-refractivity contribution < 1.29 is 2.87 Å². The summed E-state index contributed by atoms with van der Waals surface area (Å²) in [6.45, 7) is 13.4. The zero-order valence-corrected chi connectivity index (χ0v) is 23.5. The van der Waals surface area contributed by atoms with Crippen molar-refractivity contribution >= 4 is 18.9 Å². The molecule has 0 nitrogen and oxygen atoms in total. The summed E-state index contributed by atoms with van der Waals surface area (Å²) in [6, 6.07) is 31.6. The third kappa shape index (κ3) is 6.25. The fraction of sp³-hybridized carbons (Fsp3) is 0.400. The summed E-state index contributed by atoms with van der Waals surface area (Å²) >= 11 is -4.16. The Kier molecular flexibility index (Phi) is 7.59. The first kappa shape index (κ1) is 25.0. The van der Waals surface area contributed by atoms with Crippen LogP contribution in [-0.4, -0.2) is 18.9 Å². The van der Waals surface area contributed by atoms with Crippen LogP contribution in [0.4, 0.5) is 2.87 Å². The Balaban J connectivity index is 1.98. The van der Waals surface area contributed by atoms with Gasteiger partial charge in [0.25, 0.3) is 0 Å². The Hall–Kier alpha value is -1.61. The maximum absolute atomic E-state index is 17.5. The van der Waals surface area contributed by atoms with E-state index in [4.69, 9.17) is 0 Å². The number of hydrogen-bond donors (Lipinski definition) is 0. The van der Waals surface area contributed by atoms with Gasteiger partial charge in [0.2, 0.25) is 0 Å². The third-order valence-corrected chi connectivity index (χ3v) is 19.9. The number of hydrogen-bond acceptors (Lipinski definition) is 0.